The van der Waals surface area contributed by atoms with Gasteiger partial charge >= 0.3 is 0 Å². The van der Waals surface area contributed by atoms with Crippen molar-refractivity contribution in [3.63, 3.8) is 0 Å². The monoisotopic (exact) mass is 360 g/mol. The first-order valence-corrected chi connectivity index (χ1v) is 9.05. The van der Waals surface area contributed by atoms with Crippen LogP contribution in [-0.4, -0.2) is 28.2 Å². The van der Waals surface area contributed by atoms with E-state index in [1.54, 1.807) is 6.20 Å². The molecule has 2 aromatic carbocycles. The van der Waals surface area contributed by atoms with E-state index in [0.717, 1.165) is 35.1 Å². The van der Waals surface area contributed by atoms with Gasteiger partial charge in [0.2, 0.25) is 0 Å². The molecule has 1 aliphatic rings. The fraction of sp³-hybridized carbons (Fsp3) is 0.143. The summed E-state index contributed by atoms with van der Waals surface area (Å²) < 4.78 is 0. The molecule has 5 heteroatoms. The molecule has 1 aliphatic heterocycles. The fourth-order valence-electron chi connectivity index (χ4n) is 3.15. The number of anilines is 1. The van der Waals surface area contributed by atoms with Crippen LogP contribution >= 0.6 is 12.2 Å². The van der Waals surface area contributed by atoms with Gasteiger partial charge in [0, 0.05) is 30.2 Å². The summed E-state index contributed by atoms with van der Waals surface area (Å²) >= 11 is 5.62. The van der Waals surface area contributed by atoms with Gasteiger partial charge in [0.15, 0.2) is 5.11 Å². The Morgan fingerprint density at radius 1 is 1.04 bits per heavy atom. The van der Waals surface area contributed by atoms with Crippen LogP contribution in [0, 0.1) is 0 Å². The lowest BCUT2D eigenvalue weighted by Crippen LogP contribution is -2.33. The molecular weight excluding hydrogens is 340 g/mol. The number of hydrogen-bond donors (Lipinski definition) is 2. The zero-order valence-corrected chi connectivity index (χ0v) is 15.1. The van der Waals surface area contributed by atoms with Crippen molar-refractivity contribution in [1.29, 1.82) is 0 Å². The summed E-state index contributed by atoms with van der Waals surface area (Å²) in [5.74, 6) is 0. The molecule has 2 N–H and O–H groups in total. The Hall–Kier alpha value is -2.76. The Morgan fingerprint density at radius 2 is 1.88 bits per heavy atom. The van der Waals surface area contributed by atoms with Gasteiger partial charge in [0.1, 0.15) is 0 Å². The highest BCUT2D eigenvalue weighted by Crippen LogP contribution is 2.23. The van der Waals surface area contributed by atoms with Crippen molar-refractivity contribution in [2.75, 3.05) is 18.5 Å². The van der Waals surface area contributed by atoms with Crippen LogP contribution < -0.4 is 10.6 Å². The number of aromatic nitrogens is 1. The van der Waals surface area contributed by atoms with E-state index in [1.807, 2.05) is 30.5 Å². The van der Waals surface area contributed by atoms with Crippen molar-refractivity contribution in [3.8, 4) is 11.1 Å². The third-order valence-corrected chi connectivity index (χ3v) is 4.89. The molecule has 2 heterocycles. The second-order valence-electron chi connectivity index (χ2n) is 6.30. The number of benzene rings is 2. The maximum atomic E-state index is 5.62. The van der Waals surface area contributed by atoms with E-state index >= 15 is 0 Å². The highest BCUT2D eigenvalue weighted by molar-refractivity contribution is 7.80. The summed E-state index contributed by atoms with van der Waals surface area (Å²) in [6, 6.07) is 23.0. The maximum Gasteiger partial charge on any atom is 0.174 e. The predicted octanol–water partition coefficient (Wildman–Crippen LogP) is 4.05. The lowest BCUT2D eigenvalue weighted by Gasteiger charge is -2.20. The SMILES string of the molecule is S=C(Nc1cccc(-c2cccnc2)c1)N1CNC(c2ccccc2)C1. The molecule has 1 saturated heterocycles. The van der Waals surface area contributed by atoms with Gasteiger partial charge in [-0.2, -0.15) is 0 Å². The third-order valence-electron chi connectivity index (χ3n) is 4.53. The highest BCUT2D eigenvalue weighted by atomic mass is 32.1. The van der Waals surface area contributed by atoms with Gasteiger partial charge in [-0.05, 0) is 41.5 Å². The number of nitrogens with zero attached hydrogens (tertiary/aromatic N) is 2. The molecule has 0 bridgehead atoms. The van der Waals surface area contributed by atoms with E-state index in [1.165, 1.54) is 5.56 Å². The van der Waals surface area contributed by atoms with Gasteiger partial charge < -0.3 is 10.2 Å². The first kappa shape index (κ1) is 16.7. The molecule has 130 valence electrons. The average molecular weight is 360 g/mol. The van der Waals surface area contributed by atoms with Gasteiger partial charge in [-0.3, -0.25) is 10.3 Å². The number of hydrogen-bond acceptors (Lipinski definition) is 3. The minimum atomic E-state index is 0.303. The predicted molar refractivity (Wildman–Crippen MR) is 110 cm³/mol. The Kier molecular flexibility index (Phi) is 4.91. The molecule has 0 amide bonds. The Labute approximate surface area is 158 Å². The zero-order chi connectivity index (χ0) is 17.8. The molecule has 0 spiro atoms. The lowest BCUT2D eigenvalue weighted by atomic mass is 10.1. The molecule has 1 fully saturated rings. The second-order valence-corrected chi connectivity index (χ2v) is 6.69. The normalized spacial score (nSPS) is 16.5. The lowest BCUT2D eigenvalue weighted by molar-refractivity contribution is 0.514. The molecule has 4 nitrogen and oxygen atoms in total. The van der Waals surface area contributed by atoms with Crippen molar-refractivity contribution in [1.82, 2.24) is 15.2 Å². The van der Waals surface area contributed by atoms with E-state index in [9.17, 15) is 0 Å². The smallest absolute Gasteiger partial charge is 0.174 e. The highest BCUT2D eigenvalue weighted by Gasteiger charge is 2.24. The second kappa shape index (κ2) is 7.64. The van der Waals surface area contributed by atoms with Gasteiger partial charge in [-0.15, -0.1) is 0 Å². The van der Waals surface area contributed by atoms with E-state index in [0.29, 0.717) is 6.04 Å². The standard InChI is InChI=1S/C21H20N4S/c26-21(25-14-20(23-15-25)16-6-2-1-3-7-16)24-19-10-4-8-17(12-19)18-9-5-11-22-13-18/h1-13,20,23H,14-15H2,(H,24,26). The first-order valence-electron chi connectivity index (χ1n) is 8.64. The van der Waals surface area contributed by atoms with Crippen LogP contribution in [0.1, 0.15) is 11.6 Å². The van der Waals surface area contributed by atoms with Crippen LogP contribution in [0.5, 0.6) is 0 Å². The van der Waals surface area contributed by atoms with Crippen molar-refractivity contribution >= 4 is 23.0 Å². The Bertz CT molecular complexity index is 883. The molecule has 1 aromatic heterocycles. The van der Waals surface area contributed by atoms with Crippen LogP contribution in [0.15, 0.2) is 79.1 Å². The Balaban J connectivity index is 1.43. The van der Waals surface area contributed by atoms with E-state index in [2.05, 4.69) is 63.0 Å². The van der Waals surface area contributed by atoms with Crippen molar-refractivity contribution in [3.05, 3.63) is 84.7 Å². The minimum Gasteiger partial charge on any atom is -0.334 e. The number of rotatable bonds is 3. The molecular formula is C21H20N4S. The summed E-state index contributed by atoms with van der Waals surface area (Å²) in [5.41, 5.74) is 4.48. The van der Waals surface area contributed by atoms with Crippen molar-refractivity contribution < 1.29 is 0 Å². The molecule has 1 unspecified atom stereocenters. The molecule has 3 aromatic rings. The van der Waals surface area contributed by atoms with Crippen LogP contribution in [0.25, 0.3) is 11.1 Å². The molecule has 1 atom stereocenters. The zero-order valence-electron chi connectivity index (χ0n) is 14.3. The maximum absolute atomic E-state index is 5.62. The summed E-state index contributed by atoms with van der Waals surface area (Å²) in [7, 11) is 0. The number of pyridine rings is 1. The number of thiocarbonyl (C=S) groups is 1. The fourth-order valence-corrected chi connectivity index (χ4v) is 3.40. The van der Waals surface area contributed by atoms with Gasteiger partial charge in [0.25, 0.3) is 0 Å². The van der Waals surface area contributed by atoms with Crippen LogP contribution in [0.3, 0.4) is 0 Å². The largest absolute Gasteiger partial charge is 0.334 e. The van der Waals surface area contributed by atoms with Crippen molar-refractivity contribution in [2.45, 2.75) is 6.04 Å². The quantitative estimate of drug-likeness (QED) is 0.690. The van der Waals surface area contributed by atoms with Crippen LogP contribution in [0.4, 0.5) is 5.69 Å². The number of nitrogens with one attached hydrogen (secondary N) is 2. The van der Waals surface area contributed by atoms with Crippen molar-refractivity contribution in [2.24, 2.45) is 0 Å². The topological polar surface area (TPSA) is 40.2 Å². The van der Waals surface area contributed by atoms with Crippen LogP contribution in [-0.2, 0) is 0 Å². The van der Waals surface area contributed by atoms with E-state index < -0.39 is 0 Å². The molecule has 0 saturated carbocycles. The van der Waals surface area contributed by atoms with Crippen LogP contribution in [0.2, 0.25) is 0 Å². The molecule has 0 radical (unpaired) electrons. The first-order chi connectivity index (χ1) is 12.8. The van der Waals surface area contributed by atoms with E-state index in [-0.39, 0.29) is 0 Å². The minimum absolute atomic E-state index is 0.303. The molecule has 4 rings (SSSR count). The third kappa shape index (κ3) is 3.74. The summed E-state index contributed by atoms with van der Waals surface area (Å²) in [5, 5.41) is 7.62. The van der Waals surface area contributed by atoms with Gasteiger partial charge in [0.05, 0.1) is 12.7 Å². The Morgan fingerprint density at radius 3 is 2.69 bits per heavy atom. The molecule has 26 heavy (non-hydrogen) atoms. The molecule has 0 aliphatic carbocycles. The summed E-state index contributed by atoms with van der Waals surface area (Å²) in [6.07, 6.45) is 3.65. The summed E-state index contributed by atoms with van der Waals surface area (Å²) in [6.45, 7) is 1.60. The van der Waals surface area contributed by atoms with Gasteiger partial charge in [-0.1, -0.05) is 48.5 Å². The van der Waals surface area contributed by atoms with Gasteiger partial charge in [-0.25, -0.2) is 0 Å². The average Bonchev–Trinajstić information content (AvgIpc) is 3.20. The van der Waals surface area contributed by atoms with E-state index in [4.69, 9.17) is 12.2 Å². The summed E-state index contributed by atoms with van der Waals surface area (Å²) in [4.78, 5) is 6.35.